The second kappa shape index (κ2) is 9.03. The zero-order chi connectivity index (χ0) is 22.1. The summed E-state index contributed by atoms with van der Waals surface area (Å²) < 4.78 is 5.57. The van der Waals surface area contributed by atoms with Crippen LogP contribution in [0.5, 0.6) is 0 Å². The van der Waals surface area contributed by atoms with Crippen molar-refractivity contribution < 1.29 is 4.74 Å². The molecule has 1 aliphatic rings. The third kappa shape index (κ3) is 4.42. The molecule has 7 nitrogen and oxygen atoms in total. The summed E-state index contributed by atoms with van der Waals surface area (Å²) in [6.07, 6.45) is 1.52. The van der Waals surface area contributed by atoms with Crippen LogP contribution in [0.2, 0.25) is 5.02 Å². The quantitative estimate of drug-likeness (QED) is 0.466. The molecule has 4 aromatic rings. The Morgan fingerprint density at radius 2 is 2.03 bits per heavy atom. The molecule has 2 aromatic carbocycles. The van der Waals surface area contributed by atoms with Gasteiger partial charge in [-0.25, -0.2) is 9.97 Å². The maximum absolute atomic E-state index is 6.15. The summed E-state index contributed by atoms with van der Waals surface area (Å²) in [4.78, 5) is 17.0. The predicted octanol–water partition coefficient (Wildman–Crippen LogP) is 3.68. The number of aromatic nitrogens is 3. The van der Waals surface area contributed by atoms with E-state index in [1.807, 2.05) is 24.3 Å². The summed E-state index contributed by atoms with van der Waals surface area (Å²) in [7, 11) is 1.77. The molecule has 166 valence electrons. The fraction of sp³-hybridized carbons (Fsp3) is 0.333. The number of H-pyrrole nitrogens is 1. The summed E-state index contributed by atoms with van der Waals surface area (Å²) in [6, 6.07) is 14.7. The van der Waals surface area contributed by atoms with Gasteiger partial charge in [-0.05, 0) is 42.0 Å². The number of benzene rings is 2. The maximum atomic E-state index is 6.15. The first kappa shape index (κ1) is 21.2. The topological polar surface area (TPSA) is 83.3 Å². The average Bonchev–Trinajstić information content (AvgIpc) is 3.17. The van der Waals surface area contributed by atoms with Crippen LogP contribution >= 0.6 is 11.6 Å². The van der Waals surface area contributed by atoms with Crippen LogP contribution in [-0.4, -0.2) is 64.1 Å². The molecule has 0 bridgehead atoms. The number of nitrogens with zero attached hydrogens (tertiary/aromatic N) is 4. The van der Waals surface area contributed by atoms with Crippen molar-refractivity contribution in [2.24, 2.45) is 0 Å². The Morgan fingerprint density at radius 3 is 2.91 bits per heavy atom. The Balaban J connectivity index is 1.28. The fourth-order valence-electron chi connectivity index (χ4n) is 4.61. The molecular formula is C24H27ClN6O. The normalized spacial score (nSPS) is 18.0. The second-order valence-electron chi connectivity index (χ2n) is 8.45. The molecule has 3 heterocycles. The molecule has 0 spiro atoms. The third-order valence-electron chi connectivity index (χ3n) is 6.20. The molecule has 8 heteroatoms. The van der Waals surface area contributed by atoms with Crippen molar-refractivity contribution in [2.75, 3.05) is 39.1 Å². The third-order valence-corrected chi connectivity index (χ3v) is 6.43. The molecule has 0 saturated carbocycles. The van der Waals surface area contributed by atoms with Crippen molar-refractivity contribution in [1.82, 2.24) is 24.8 Å². The Kier molecular flexibility index (Phi) is 5.97. The molecule has 0 amide bonds. The monoisotopic (exact) mass is 450 g/mol. The molecule has 5 rings (SSSR count). The van der Waals surface area contributed by atoms with E-state index in [0.717, 1.165) is 59.6 Å². The molecule has 0 unspecified atom stereocenters. The molecule has 1 saturated heterocycles. The van der Waals surface area contributed by atoms with Crippen molar-refractivity contribution >= 4 is 39.2 Å². The van der Waals surface area contributed by atoms with Gasteiger partial charge in [-0.15, -0.1) is 0 Å². The van der Waals surface area contributed by atoms with Gasteiger partial charge >= 0.3 is 0 Å². The first-order valence-corrected chi connectivity index (χ1v) is 11.2. The number of hydrogen-bond donors (Lipinski definition) is 2. The number of anilines is 1. The van der Waals surface area contributed by atoms with Crippen molar-refractivity contribution in [3.05, 3.63) is 65.1 Å². The molecule has 3 N–H and O–H groups in total. The van der Waals surface area contributed by atoms with Crippen LogP contribution in [0.1, 0.15) is 11.3 Å². The number of hydrogen-bond acceptors (Lipinski definition) is 6. The minimum absolute atomic E-state index is 0.321. The van der Waals surface area contributed by atoms with Gasteiger partial charge in [-0.2, -0.15) is 0 Å². The van der Waals surface area contributed by atoms with Gasteiger partial charge < -0.3 is 15.5 Å². The van der Waals surface area contributed by atoms with Crippen molar-refractivity contribution in [1.29, 1.82) is 0 Å². The van der Waals surface area contributed by atoms with E-state index in [9.17, 15) is 0 Å². The highest BCUT2D eigenvalue weighted by Gasteiger charge is 2.27. The van der Waals surface area contributed by atoms with Crippen LogP contribution < -0.4 is 5.73 Å². The lowest BCUT2D eigenvalue weighted by Crippen LogP contribution is -2.54. The smallest absolute Gasteiger partial charge is 0.134 e. The fourth-order valence-corrected chi connectivity index (χ4v) is 4.79. The Hall–Kier alpha value is -2.71. The Labute approximate surface area is 192 Å². The minimum Gasteiger partial charge on any atom is -0.383 e. The maximum Gasteiger partial charge on any atom is 0.134 e. The van der Waals surface area contributed by atoms with E-state index in [2.05, 4.69) is 43.0 Å². The van der Waals surface area contributed by atoms with Crippen LogP contribution in [0.25, 0.3) is 21.8 Å². The number of nitrogens with one attached hydrogen (secondary N) is 1. The van der Waals surface area contributed by atoms with Crippen LogP contribution in [0, 0.1) is 0 Å². The molecule has 1 fully saturated rings. The first-order valence-electron chi connectivity index (χ1n) is 10.8. The zero-order valence-corrected chi connectivity index (χ0v) is 18.8. The lowest BCUT2D eigenvalue weighted by atomic mass is 10.1. The van der Waals surface area contributed by atoms with Gasteiger partial charge in [0.05, 0.1) is 12.1 Å². The van der Waals surface area contributed by atoms with E-state index >= 15 is 0 Å². The van der Waals surface area contributed by atoms with Gasteiger partial charge in [-0.1, -0.05) is 17.7 Å². The van der Waals surface area contributed by atoms with Crippen LogP contribution in [0.4, 0.5) is 5.82 Å². The van der Waals surface area contributed by atoms with Gasteiger partial charge in [0.15, 0.2) is 0 Å². The van der Waals surface area contributed by atoms with Gasteiger partial charge in [0.1, 0.15) is 12.1 Å². The molecular weight excluding hydrogens is 424 g/mol. The Bertz CT molecular complexity index is 1240. The zero-order valence-electron chi connectivity index (χ0n) is 18.1. The number of piperazine rings is 1. The van der Waals surface area contributed by atoms with E-state index in [1.165, 1.54) is 17.6 Å². The van der Waals surface area contributed by atoms with E-state index in [-0.39, 0.29) is 0 Å². The SMILES string of the molecule is COC[C@@H]1CN(Cc2ccc3c(N)ncnc3c2)CCN1Cc1cc2cc(Cl)ccc2[nH]1. The van der Waals surface area contributed by atoms with E-state index < -0.39 is 0 Å². The van der Waals surface area contributed by atoms with Gasteiger partial charge in [0.2, 0.25) is 0 Å². The number of nitrogens with two attached hydrogens (primary N) is 1. The average molecular weight is 451 g/mol. The number of methoxy groups -OCH3 is 1. The van der Waals surface area contributed by atoms with Crippen molar-refractivity contribution in [3.63, 3.8) is 0 Å². The minimum atomic E-state index is 0.321. The van der Waals surface area contributed by atoms with E-state index in [4.69, 9.17) is 22.1 Å². The van der Waals surface area contributed by atoms with Gasteiger partial charge in [0.25, 0.3) is 0 Å². The molecule has 0 radical (unpaired) electrons. The van der Waals surface area contributed by atoms with Crippen molar-refractivity contribution in [2.45, 2.75) is 19.1 Å². The van der Waals surface area contributed by atoms with Crippen LogP contribution in [-0.2, 0) is 17.8 Å². The first-order chi connectivity index (χ1) is 15.6. The predicted molar refractivity (Wildman–Crippen MR) is 129 cm³/mol. The van der Waals surface area contributed by atoms with Crippen molar-refractivity contribution in [3.8, 4) is 0 Å². The molecule has 0 aliphatic carbocycles. The summed E-state index contributed by atoms with van der Waals surface area (Å²) in [5, 5.41) is 2.81. The number of rotatable bonds is 6. The van der Waals surface area contributed by atoms with Crippen LogP contribution in [0.15, 0.2) is 48.8 Å². The lowest BCUT2D eigenvalue weighted by molar-refractivity contribution is 0.0172. The summed E-state index contributed by atoms with van der Waals surface area (Å²) in [5.74, 6) is 0.523. The number of fused-ring (bicyclic) bond motifs is 2. The summed E-state index contributed by atoms with van der Waals surface area (Å²) in [5.41, 5.74) is 10.4. The Morgan fingerprint density at radius 1 is 1.12 bits per heavy atom. The van der Waals surface area contributed by atoms with E-state index in [0.29, 0.717) is 18.5 Å². The van der Waals surface area contributed by atoms with Gasteiger partial charge in [-0.3, -0.25) is 9.80 Å². The molecule has 1 aliphatic heterocycles. The number of aromatic amines is 1. The van der Waals surface area contributed by atoms with Crippen LogP contribution in [0.3, 0.4) is 0 Å². The molecule has 32 heavy (non-hydrogen) atoms. The number of ether oxygens (including phenoxy) is 1. The number of nitrogen functional groups attached to an aromatic ring is 1. The summed E-state index contributed by atoms with van der Waals surface area (Å²) in [6.45, 7) is 5.36. The molecule has 2 aromatic heterocycles. The largest absolute Gasteiger partial charge is 0.383 e. The highest BCUT2D eigenvalue weighted by Crippen LogP contribution is 2.23. The van der Waals surface area contributed by atoms with E-state index in [1.54, 1.807) is 7.11 Å². The standard InChI is InChI=1S/C24H27ClN6O/c1-32-14-20-13-30(11-16-2-4-21-23(8-16)27-15-28-24(21)26)6-7-31(20)12-19-10-17-9-18(25)3-5-22(17)29-19/h2-5,8-10,15,20,29H,6-7,11-14H2,1H3,(H2,26,27,28)/t20-/m0/s1. The highest BCUT2D eigenvalue weighted by atomic mass is 35.5. The number of halogens is 1. The molecule has 1 atom stereocenters. The highest BCUT2D eigenvalue weighted by molar-refractivity contribution is 6.31. The van der Waals surface area contributed by atoms with Gasteiger partial charge in [0, 0.05) is 72.9 Å². The summed E-state index contributed by atoms with van der Waals surface area (Å²) >= 11 is 6.15. The lowest BCUT2D eigenvalue weighted by Gasteiger charge is -2.41. The second-order valence-corrected chi connectivity index (χ2v) is 8.89.